The Hall–Kier alpha value is -2.10. The quantitative estimate of drug-likeness (QED) is 0.388. The van der Waals surface area contributed by atoms with Crippen LogP contribution in [-0.2, 0) is 9.59 Å². The molecule has 1 aromatic carbocycles. The topological polar surface area (TPSA) is 55.4 Å². The van der Waals surface area contributed by atoms with Gasteiger partial charge in [0.2, 0.25) is 0 Å². The van der Waals surface area contributed by atoms with Crippen molar-refractivity contribution in [1.29, 1.82) is 0 Å². The van der Waals surface area contributed by atoms with Crippen LogP contribution >= 0.6 is 0 Å². The van der Waals surface area contributed by atoms with Crippen LogP contribution in [0.3, 0.4) is 0 Å². The Kier molecular flexibility index (Phi) is 6.27. The molecule has 4 nitrogen and oxygen atoms in total. The van der Waals surface area contributed by atoms with Crippen LogP contribution in [0, 0.1) is 50.2 Å². The van der Waals surface area contributed by atoms with Crippen LogP contribution in [0.25, 0.3) is 0 Å². The lowest BCUT2D eigenvalue weighted by atomic mass is 9.33. The molecule has 8 atom stereocenters. The predicted octanol–water partition coefficient (Wildman–Crippen LogP) is 8.47. The Labute approximate surface area is 242 Å². The van der Waals surface area contributed by atoms with Crippen LogP contribution in [0.2, 0.25) is 0 Å². The number of allylic oxidation sites excluding steroid dienone is 2. The molecule has 6 rings (SSSR count). The molecule has 0 radical (unpaired) electrons. The van der Waals surface area contributed by atoms with Gasteiger partial charge in [-0.2, -0.15) is 5.48 Å². The van der Waals surface area contributed by atoms with Crippen molar-refractivity contribution < 1.29 is 14.4 Å². The number of hydrogen-bond acceptors (Lipinski definition) is 3. The molecule has 4 saturated carbocycles. The van der Waals surface area contributed by atoms with Crippen molar-refractivity contribution in [2.24, 2.45) is 50.2 Å². The zero-order valence-corrected chi connectivity index (χ0v) is 26.0. The summed E-state index contributed by atoms with van der Waals surface area (Å²) in [4.78, 5) is 33.8. The Morgan fingerprint density at radius 1 is 0.875 bits per heavy atom. The van der Waals surface area contributed by atoms with Gasteiger partial charge in [-0.15, -0.1) is 0 Å². The SMILES string of the molecule is CC1(C(=O)NOc2ccccc2)CC[C@]2(C)CC[C@]3(C)C(=CC(=O)[C@@H]4[C@@]5(C)CCCC(C)(C)C5CC[C@]43C)[C@H]2C1. The monoisotopic (exact) mass is 545 g/mol. The zero-order chi connectivity index (χ0) is 28.8. The maximum absolute atomic E-state index is 14.5. The first-order chi connectivity index (χ1) is 18.7. The largest absolute Gasteiger partial charge is 0.380 e. The van der Waals surface area contributed by atoms with E-state index < -0.39 is 5.41 Å². The number of para-hydroxylation sites is 1. The van der Waals surface area contributed by atoms with Crippen LogP contribution in [0.5, 0.6) is 5.75 Å². The molecule has 0 bridgehead atoms. The van der Waals surface area contributed by atoms with Gasteiger partial charge in [-0.25, -0.2) is 0 Å². The van der Waals surface area contributed by atoms with E-state index in [1.165, 1.54) is 37.7 Å². The fourth-order valence-electron chi connectivity index (χ4n) is 11.2. The van der Waals surface area contributed by atoms with Crippen molar-refractivity contribution in [2.75, 3.05) is 0 Å². The number of carbonyl (C=O) groups excluding carboxylic acids is 2. The van der Waals surface area contributed by atoms with Gasteiger partial charge >= 0.3 is 0 Å². The number of carbonyl (C=O) groups is 2. The second kappa shape index (κ2) is 8.95. The second-order valence-electron chi connectivity index (χ2n) is 16.4. The van der Waals surface area contributed by atoms with E-state index >= 15 is 0 Å². The second-order valence-corrected chi connectivity index (χ2v) is 16.4. The lowest BCUT2D eigenvalue weighted by Gasteiger charge is -2.70. The molecular formula is C36H51NO3. The molecule has 0 saturated heterocycles. The number of rotatable bonds is 3. The fourth-order valence-corrected chi connectivity index (χ4v) is 11.2. The van der Waals surface area contributed by atoms with Crippen molar-refractivity contribution in [1.82, 2.24) is 5.48 Å². The summed E-state index contributed by atoms with van der Waals surface area (Å²) in [5.74, 6) is 1.91. The first-order valence-electron chi connectivity index (χ1n) is 16.0. The Balaban J connectivity index is 1.34. The smallest absolute Gasteiger partial charge is 0.258 e. The van der Waals surface area contributed by atoms with Gasteiger partial charge in [0.1, 0.15) is 0 Å². The van der Waals surface area contributed by atoms with Crippen molar-refractivity contribution in [3.05, 3.63) is 42.0 Å². The van der Waals surface area contributed by atoms with Crippen molar-refractivity contribution in [3.63, 3.8) is 0 Å². The van der Waals surface area contributed by atoms with Gasteiger partial charge in [0.25, 0.3) is 5.91 Å². The molecule has 1 N–H and O–H groups in total. The zero-order valence-electron chi connectivity index (χ0n) is 26.0. The molecular weight excluding hydrogens is 494 g/mol. The lowest BCUT2D eigenvalue weighted by Crippen LogP contribution is -2.65. The van der Waals surface area contributed by atoms with E-state index in [-0.39, 0.29) is 39.4 Å². The molecule has 218 valence electrons. The first-order valence-corrected chi connectivity index (χ1v) is 16.0. The molecule has 2 unspecified atom stereocenters. The van der Waals surface area contributed by atoms with Crippen LogP contribution < -0.4 is 10.3 Å². The minimum Gasteiger partial charge on any atom is -0.380 e. The maximum atomic E-state index is 14.5. The summed E-state index contributed by atoms with van der Waals surface area (Å²) in [6, 6.07) is 9.45. The molecule has 40 heavy (non-hydrogen) atoms. The summed E-state index contributed by atoms with van der Waals surface area (Å²) in [7, 11) is 0. The van der Waals surface area contributed by atoms with Crippen LogP contribution in [0.4, 0.5) is 0 Å². The lowest BCUT2D eigenvalue weighted by molar-refractivity contribution is -0.185. The van der Waals surface area contributed by atoms with Gasteiger partial charge in [0.05, 0.1) is 0 Å². The van der Waals surface area contributed by atoms with E-state index in [2.05, 4.69) is 60.0 Å². The number of benzene rings is 1. The van der Waals surface area contributed by atoms with Gasteiger partial charge in [-0.05, 0) is 115 Å². The number of hydroxylamine groups is 1. The minimum atomic E-state index is -0.532. The molecule has 5 aliphatic carbocycles. The molecule has 5 aliphatic rings. The Bertz CT molecular complexity index is 1240. The van der Waals surface area contributed by atoms with Gasteiger partial charge < -0.3 is 4.84 Å². The summed E-state index contributed by atoms with van der Waals surface area (Å²) < 4.78 is 0. The van der Waals surface area contributed by atoms with Crippen molar-refractivity contribution in [2.45, 2.75) is 113 Å². The molecule has 0 aromatic heterocycles. The summed E-state index contributed by atoms with van der Waals surface area (Å²) in [6.45, 7) is 16.9. The average Bonchev–Trinajstić information content (AvgIpc) is 2.89. The number of nitrogens with one attached hydrogen (secondary N) is 1. The van der Waals surface area contributed by atoms with Crippen LogP contribution in [0.1, 0.15) is 113 Å². The molecule has 1 aromatic rings. The first kappa shape index (κ1) is 28.0. The van der Waals surface area contributed by atoms with E-state index in [1.54, 1.807) is 0 Å². The summed E-state index contributed by atoms with van der Waals surface area (Å²) >= 11 is 0. The predicted molar refractivity (Wildman–Crippen MR) is 159 cm³/mol. The minimum absolute atomic E-state index is 0.0133. The highest BCUT2D eigenvalue weighted by Gasteiger charge is 2.69. The molecule has 0 heterocycles. The van der Waals surface area contributed by atoms with Gasteiger partial charge in [-0.1, -0.05) is 78.7 Å². The number of fused-ring (bicyclic) bond motifs is 7. The third-order valence-corrected chi connectivity index (χ3v) is 13.9. The number of hydrogen-bond donors (Lipinski definition) is 1. The molecule has 1 amide bonds. The van der Waals surface area contributed by atoms with E-state index in [9.17, 15) is 9.59 Å². The van der Waals surface area contributed by atoms with Crippen LogP contribution in [0.15, 0.2) is 42.0 Å². The average molecular weight is 546 g/mol. The number of amides is 1. The third-order valence-electron chi connectivity index (χ3n) is 13.9. The number of ketones is 1. The Morgan fingerprint density at radius 2 is 1.57 bits per heavy atom. The van der Waals surface area contributed by atoms with E-state index in [0.717, 1.165) is 32.1 Å². The molecule has 0 aliphatic heterocycles. The van der Waals surface area contributed by atoms with Gasteiger partial charge in [0, 0.05) is 11.3 Å². The molecule has 0 spiro atoms. The van der Waals surface area contributed by atoms with Crippen molar-refractivity contribution in [3.8, 4) is 5.75 Å². The Morgan fingerprint density at radius 3 is 2.30 bits per heavy atom. The van der Waals surface area contributed by atoms with E-state index in [0.29, 0.717) is 22.9 Å². The third kappa shape index (κ3) is 3.83. The van der Waals surface area contributed by atoms with Crippen LogP contribution in [-0.4, -0.2) is 11.7 Å². The van der Waals surface area contributed by atoms with Crippen molar-refractivity contribution >= 4 is 11.7 Å². The fraction of sp³-hybridized carbons (Fsp3) is 0.722. The van der Waals surface area contributed by atoms with Gasteiger partial charge in [0.15, 0.2) is 11.5 Å². The molecule has 4 fully saturated rings. The highest BCUT2D eigenvalue weighted by Crippen LogP contribution is 2.75. The standard InChI is InChI=1S/C36H51NO3/c1-31(2)15-11-16-34(5)28(31)14-17-36(7)29(34)27(38)22-25-26-23-33(4,19-18-32(26,3)20-21-35(25,36)6)30(39)37-40-24-12-9-8-10-13-24/h8-10,12-13,22,26,28-29H,11,14-21,23H2,1-7H3,(H,37,39)/t26-,28?,29-,32-,33?,34+,35-,36-/m1/s1. The van der Waals surface area contributed by atoms with Gasteiger partial charge in [-0.3, -0.25) is 9.59 Å². The summed E-state index contributed by atoms with van der Waals surface area (Å²) in [5, 5.41) is 0. The maximum Gasteiger partial charge on any atom is 0.258 e. The highest BCUT2D eigenvalue weighted by atomic mass is 16.7. The summed E-state index contributed by atoms with van der Waals surface area (Å²) in [6.07, 6.45) is 13.1. The van der Waals surface area contributed by atoms with E-state index in [4.69, 9.17) is 4.84 Å². The van der Waals surface area contributed by atoms with E-state index in [1.807, 2.05) is 30.3 Å². The summed E-state index contributed by atoms with van der Waals surface area (Å²) in [5.41, 5.74) is 4.05. The normalized spacial score (nSPS) is 45.6. The molecule has 4 heteroatoms. The highest BCUT2D eigenvalue weighted by molar-refractivity contribution is 5.95.